The van der Waals surface area contributed by atoms with Gasteiger partial charge in [-0.15, -0.1) is 0 Å². The Kier molecular flexibility index (Phi) is 3.90. The number of pyridine rings is 1. The van der Waals surface area contributed by atoms with Crippen LogP contribution in [0.15, 0.2) is 24.5 Å². The van der Waals surface area contributed by atoms with Crippen molar-refractivity contribution in [3.63, 3.8) is 0 Å². The zero-order chi connectivity index (χ0) is 7.56. The first-order valence-electron chi connectivity index (χ1n) is 3.33. The summed E-state index contributed by atoms with van der Waals surface area (Å²) in [6.45, 7) is 0. The normalized spacial score (nSPS) is 8.64. The maximum absolute atomic E-state index is 2.08. The third-order valence-corrected chi connectivity index (χ3v) is 1.48. The molecule has 0 unspecified atom stereocenters. The summed E-state index contributed by atoms with van der Waals surface area (Å²) >= 11 is 0. The molecule has 0 aliphatic heterocycles. The molecule has 0 radical (unpaired) electrons. The summed E-state index contributed by atoms with van der Waals surface area (Å²) in [6.07, 6.45) is 4.07. The molecule has 1 aromatic heterocycles. The van der Waals surface area contributed by atoms with E-state index in [1.165, 1.54) is 5.69 Å². The molecule has 2 nitrogen and oxygen atoms in total. The second-order valence-corrected chi connectivity index (χ2v) is 2.62. The number of rotatable bonds is 1. The zero-order valence-electron chi connectivity index (χ0n) is 7.08. The van der Waals surface area contributed by atoms with Gasteiger partial charge in [-0.1, -0.05) is 0 Å². The Morgan fingerprint density at radius 2 is 1.64 bits per heavy atom. The van der Waals surface area contributed by atoms with Gasteiger partial charge in [-0.2, -0.15) is 0 Å². The molecule has 3 heteroatoms. The summed E-state index contributed by atoms with van der Waals surface area (Å²) in [4.78, 5) is 2.08. The van der Waals surface area contributed by atoms with Crippen molar-refractivity contribution >= 4 is 5.69 Å². The molecule has 0 N–H and O–H groups in total. The van der Waals surface area contributed by atoms with Crippen molar-refractivity contribution in [3.8, 4) is 0 Å². The Labute approximate surface area is 73.9 Å². The van der Waals surface area contributed by atoms with Crippen molar-refractivity contribution in [2.45, 2.75) is 0 Å². The highest BCUT2D eigenvalue weighted by atomic mass is 35.5. The van der Waals surface area contributed by atoms with Crippen LogP contribution in [0.3, 0.4) is 0 Å². The molecule has 1 heterocycles. The quantitative estimate of drug-likeness (QED) is 0.428. The minimum atomic E-state index is 0. The molecule has 0 spiro atoms. The molecule has 0 atom stereocenters. The van der Waals surface area contributed by atoms with Crippen molar-refractivity contribution in [1.29, 1.82) is 0 Å². The Balaban J connectivity index is 0.000001000. The molecule has 0 fully saturated rings. The van der Waals surface area contributed by atoms with Crippen LogP contribution in [-0.2, 0) is 7.05 Å². The van der Waals surface area contributed by atoms with E-state index in [1.807, 2.05) is 38.1 Å². The summed E-state index contributed by atoms with van der Waals surface area (Å²) < 4.78 is 2.02. The number of anilines is 1. The average Bonchev–Trinajstić information content (AvgIpc) is 1.88. The van der Waals surface area contributed by atoms with Crippen LogP contribution in [0.2, 0.25) is 0 Å². The van der Waals surface area contributed by atoms with E-state index in [0.717, 1.165) is 0 Å². The largest absolute Gasteiger partial charge is 1.00 e. The van der Waals surface area contributed by atoms with Gasteiger partial charge in [0.05, 0.1) is 0 Å². The zero-order valence-corrected chi connectivity index (χ0v) is 7.84. The van der Waals surface area contributed by atoms with Gasteiger partial charge in [0, 0.05) is 31.9 Å². The average molecular weight is 173 g/mol. The maximum atomic E-state index is 2.08. The Morgan fingerprint density at radius 3 is 2.00 bits per heavy atom. The van der Waals surface area contributed by atoms with Gasteiger partial charge < -0.3 is 17.3 Å². The van der Waals surface area contributed by atoms with Gasteiger partial charge in [0.2, 0.25) is 0 Å². The van der Waals surface area contributed by atoms with E-state index in [2.05, 4.69) is 17.0 Å². The molecular weight excluding hydrogens is 160 g/mol. The molecule has 62 valence electrons. The van der Waals surface area contributed by atoms with Gasteiger partial charge in [0.25, 0.3) is 0 Å². The summed E-state index contributed by atoms with van der Waals surface area (Å²) in [5.74, 6) is 0. The highest BCUT2D eigenvalue weighted by Gasteiger charge is 1.95. The van der Waals surface area contributed by atoms with Gasteiger partial charge in [0.15, 0.2) is 12.4 Å². The fourth-order valence-corrected chi connectivity index (χ4v) is 0.791. The highest BCUT2D eigenvalue weighted by molar-refractivity contribution is 5.41. The number of hydrogen-bond acceptors (Lipinski definition) is 1. The molecule has 0 bridgehead atoms. The Morgan fingerprint density at radius 1 is 1.18 bits per heavy atom. The second kappa shape index (κ2) is 4.19. The highest BCUT2D eigenvalue weighted by Crippen LogP contribution is 2.04. The van der Waals surface area contributed by atoms with E-state index < -0.39 is 0 Å². The van der Waals surface area contributed by atoms with Crippen LogP contribution in [0.25, 0.3) is 0 Å². The van der Waals surface area contributed by atoms with E-state index in [1.54, 1.807) is 0 Å². The van der Waals surface area contributed by atoms with Gasteiger partial charge in [-0.25, -0.2) is 4.57 Å². The predicted octanol–water partition coefficient (Wildman–Crippen LogP) is -2.42. The summed E-state index contributed by atoms with van der Waals surface area (Å²) in [5.41, 5.74) is 1.23. The van der Waals surface area contributed by atoms with Crippen molar-refractivity contribution in [2.24, 2.45) is 7.05 Å². The van der Waals surface area contributed by atoms with Crippen molar-refractivity contribution in [2.75, 3.05) is 19.0 Å². The van der Waals surface area contributed by atoms with Crippen LogP contribution in [0.1, 0.15) is 0 Å². The van der Waals surface area contributed by atoms with Gasteiger partial charge in [-0.05, 0) is 0 Å². The lowest BCUT2D eigenvalue weighted by atomic mass is 10.4. The van der Waals surface area contributed by atoms with Gasteiger partial charge in [-0.3, -0.25) is 0 Å². The van der Waals surface area contributed by atoms with Crippen LogP contribution in [-0.4, -0.2) is 14.1 Å². The lowest BCUT2D eigenvalue weighted by Crippen LogP contribution is -3.00. The standard InChI is InChI=1S/C8H13N2.ClH/c1-9(2)8-4-6-10(3)7-5-8;/h4-7H,1-3H3;1H/q+1;/p-1. The molecule has 0 saturated heterocycles. The fraction of sp³-hybridized carbons (Fsp3) is 0.375. The molecule has 11 heavy (non-hydrogen) atoms. The van der Waals surface area contributed by atoms with E-state index >= 15 is 0 Å². The first-order valence-corrected chi connectivity index (χ1v) is 3.33. The first-order chi connectivity index (χ1) is 4.70. The van der Waals surface area contributed by atoms with Crippen molar-refractivity contribution in [1.82, 2.24) is 0 Å². The smallest absolute Gasteiger partial charge is 0.170 e. The van der Waals surface area contributed by atoms with E-state index in [4.69, 9.17) is 0 Å². The summed E-state index contributed by atoms with van der Waals surface area (Å²) in [6, 6.07) is 4.17. The number of aromatic nitrogens is 1. The van der Waals surface area contributed by atoms with Crippen LogP contribution in [0, 0.1) is 0 Å². The van der Waals surface area contributed by atoms with E-state index in [9.17, 15) is 0 Å². The number of nitrogens with zero attached hydrogens (tertiary/aromatic N) is 2. The number of halogens is 1. The van der Waals surface area contributed by atoms with Crippen LogP contribution in [0.5, 0.6) is 0 Å². The molecular formula is C8H13ClN2. The van der Waals surface area contributed by atoms with E-state index in [-0.39, 0.29) is 12.4 Å². The summed E-state index contributed by atoms with van der Waals surface area (Å²) in [7, 11) is 6.09. The second-order valence-electron chi connectivity index (χ2n) is 2.62. The van der Waals surface area contributed by atoms with Crippen molar-refractivity contribution in [3.05, 3.63) is 24.5 Å². The Bertz CT molecular complexity index is 206. The molecule has 0 aliphatic carbocycles. The lowest BCUT2D eigenvalue weighted by molar-refractivity contribution is -0.671. The Hall–Kier alpha value is -0.760. The number of aryl methyl sites for hydroxylation is 1. The molecule has 0 aromatic carbocycles. The minimum absolute atomic E-state index is 0. The van der Waals surface area contributed by atoms with Gasteiger partial charge in [0.1, 0.15) is 7.05 Å². The minimum Gasteiger partial charge on any atom is -1.00 e. The van der Waals surface area contributed by atoms with E-state index in [0.29, 0.717) is 0 Å². The van der Waals surface area contributed by atoms with Crippen LogP contribution < -0.4 is 21.9 Å². The van der Waals surface area contributed by atoms with Crippen LogP contribution >= 0.6 is 0 Å². The molecule has 0 aliphatic rings. The lowest BCUT2D eigenvalue weighted by Gasteiger charge is -2.09. The summed E-state index contributed by atoms with van der Waals surface area (Å²) in [5, 5.41) is 0. The topological polar surface area (TPSA) is 7.12 Å². The number of hydrogen-bond donors (Lipinski definition) is 0. The SMILES string of the molecule is CN(C)c1cc[n+](C)cc1.[Cl-]. The van der Waals surface area contributed by atoms with Crippen LogP contribution in [0.4, 0.5) is 5.69 Å². The first kappa shape index (κ1) is 10.2. The maximum Gasteiger partial charge on any atom is 0.170 e. The predicted molar refractivity (Wildman–Crippen MR) is 41.9 cm³/mol. The molecule has 1 rings (SSSR count). The fourth-order valence-electron chi connectivity index (χ4n) is 0.791. The van der Waals surface area contributed by atoms with Crippen molar-refractivity contribution < 1.29 is 17.0 Å². The molecule has 0 amide bonds. The monoisotopic (exact) mass is 172 g/mol. The third kappa shape index (κ3) is 2.76. The molecule has 1 aromatic rings. The third-order valence-electron chi connectivity index (χ3n) is 1.48. The van der Waals surface area contributed by atoms with Gasteiger partial charge >= 0.3 is 0 Å². The molecule has 0 saturated carbocycles.